The van der Waals surface area contributed by atoms with Crippen molar-refractivity contribution in [3.63, 3.8) is 0 Å². The van der Waals surface area contributed by atoms with Crippen LogP contribution in [0.15, 0.2) is 18.2 Å². The Kier molecular flexibility index (Phi) is 3.74. The Morgan fingerprint density at radius 3 is 2.59 bits per heavy atom. The fourth-order valence-corrected chi connectivity index (χ4v) is 2.38. The third-order valence-electron chi connectivity index (χ3n) is 3.50. The fraction of sp³-hybridized carbons (Fsp3) is 0.538. The van der Waals surface area contributed by atoms with Crippen LogP contribution in [0, 0.1) is 11.6 Å². The fourth-order valence-electron chi connectivity index (χ4n) is 2.38. The van der Waals surface area contributed by atoms with Crippen LogP contribution in [0.4, 0.5) is 8.78 Å². The van der Waals surface area contributed by atoms with Gasteiger partial charge in [0.15, 0.2) is 0 Å². The van der Waals surface area contributed by atoms with Crippen molar-refractivity contribution in [2.45, 2.75) is 25.9 Å². The molecule has 4 heteroatoms. The zero-order valence-electron chi connectivity index (χ0n) is 10.2. The number of benzene rings is 1. The number of rotatable bonds is 4. The molecule has 94 valence electrons. The van der Waals surface area contributed by atoms with Gasteiger partial charge in [-0.2, -0.15) is 0 Å². The highest BCUT2D eigenvalue weighted by Crippen LogP contribution is 2.26. The summed E-state index contributed by atoms with van der Waals surface area (Å²) in [5.41, 5.74) is 0.570. The van der Waals surface area contributed by atoms with E-state index in [-0.39, 0.29) is 6.04 Å². The Hall–Kier alpha value is -1.00. The summed E-state index contributed by atoms with van der Waals surface area (Å²) in [5.74, 6) is -0.977. The van der Waals surface area contributed by atoms with Crippen LogP contribution in [-0.4, -0.2) is 30.6 Å². The molecule has 1 aliphatic rings. The second-order valence-corrected chi connectivity index (χ2v) is 4.48. The minimum atomic E-state index is -0.521. The Morgan fingerprint density at radius 1 is 1.41 bits per heavy atom. The van der Waals surface area contributed by atoms with Gasteiger partial charge in [0.05, 0.1) is 0 Å². The lowest BCUT2D eigenvalue weighted by Gasteiger charge is -2.41. The SMILES string of the molecule is CCN(C1CNC1)C(C)c1ccc(F)cc1F. The maximum Gasteiger partial charge on any atom is 0.130 e. The average Bonchev–Trinajstić information content (AvgIpc) is 2.22. The first kappa shape index (κ1) is 12.5. The van der Waals surface area contributed by atoms with Crippen LogP contribution in [-0.2, 0) is 0 Å². The van der Waals surface area contributed by atoms with Crippen molar-refractivity contribution in [3.8, 4) is 0 Å². The minimum Gasteiger partial charge on any atom is -0.314 e. The van der Waals surface area contributed by atoms with E-state index in [9.17, 15) is 8.78 Å². The van der Waals surface area contributed by atoms with Crippen molar-refractivity contribution in [1.82, 2.24) is 10.2 Å². The molecule has 0 bridgehead atoms. The van der Waals surface area contributed by atoms with E-state index in [0.717, 1.165) is 25.7 Å². The summed E-state index contributed by atoms with van der Waals surface area (Å²) >= 11 is 0. The largest absolute Gasteiger partial charge is 0.314 e. The molecule has 0 radical (unpaired) electrons. The molecule has 1 aliphatic heterocycles. The number of hydrogen-bond acceptors (Lipinski definition) is 2. The molecule has 1 unspecified atom stereocenters. The summed E-state index contributed by atoms with van der Waals surface area (Å²) in [6, 6.07) is 4.26. The van der Waals surface area contributed by atoms with Crippen molar-refractivity contribution in [2.24, 2.45) is 0 Å². The maximum absolute atomic E-state index is 13.7. The maximum atomic E-state index is 13.7. The number of likely N-dealkylation sites (N-methyl/N-ethyl adjacent to an activating group) is 1. The second-order valence-electron chi connectivity index (χ2n) is 4.48. The topological polar surface area (TPSA) is 15.3 Å². The van der Waals surface area contributed by atoms with Crippen molar-refractivity contribution in [3.05, 3.63) is 35.4 Å². The Balaban J connectivity index is 2.19. The zero-order chi connectivity index (χ0) is 12.4. The smallest absolute Gasteiger partial charge is 0.130 e. The van der Waals surface area contributed by atoms with Gasteiger partial charge in [-0.15, -0.1) is 0 Å². The molecule has 0 amide bonds. The van der Waals surface area contributed by atoms with Crippen LogP contribution in [0.25, 0.3) is 0 Å². The molecule has 1 fully saturated rings. The van der Waals surface area contributed by atoms with Gasteiger partial charge >= 0.3 is 0 Å². The highest BCUT2D eigenvalue weighted by molar-refractivity contribution is 5.22. The van der Waals surface area contributed by atoms with Crippen molar-refractivity contribution >= 4 is 0 Å². The van der Waals surface area contributed by atoms with Gasteiger partial charge in [0.1, 0.15) is 11.6 Å². The number of hydrogen-bond donors (Lipinski definition) is 1. The summed E-state index contributed by atoms with van der Waals surface area (Å²) in [5, 5.41) is 3.21. The molecule has 2 nitrogen and oxygen atoms in total. The van der Waals surface area contributed by atoms with Gasteiger partial charge in [-0.1, -0.05) is 13.0 Å². The Bertz CT molecular complexity index is 391. The Morgan fingerprint density at radius 2 is 2.12 bits per heavy atom. The van der Waals surface area contributed by atoms with Crippen LogP contribution < -0.4 is 5.32 Å². The molecule has 0 aromatic heterocycles. The number of halogens is 2. The first-order valence-corrected chi connectivity index (χ1v) is 6.05. The van der Waals surface area contributed by atoms with Crippen molar-refractivity contribution in [1.29, 1.82) is 0 Å². The van der Waals surface area contributed by atoms with E-state index in [1.54, 1.807) is 6.07 Å². The average molecular weight is 240 g/mol. The molecule has 1 saturated heterocycles. The van der Waals surface area contributed by atoms with Gasteiger partial charge in [0, 0.05) is 36.8 Å². The number of nitrogens with zero attached hydrogens (tertiary/aromatic N) is 1. The van der Waals surface area contributed by atoms with E-state index in [1.165, 1.54) is 6.07 Å². The van der Waals surface area contributed by atoms with Crippen LogP contribution in [0.3, 0.4) is 0 Å². The van der Waals surface area contributed by atoms with Crippen LogP contribution in [0.1, 0.15) is 25.5 Å². The first-order valence-electron chi connectivity index (χ1n) is 6.05. The molecular weight excluding hydrogens is 222 g/mol. The predicted molar refractivity (Wildman–Crippen MR) is 63.8 cm³/mol. The van der Waals surface area contributed by atoms with E-state index in [2.05, 4.69) is 17.1 Å². The van der Waals surface area contributed by atoms with Gasteiger partial charge in [0.2, 0.25) is 0 Å². The van der Waals surface area contributed by atoms with E-state index < -0.39 is 11.6 Å². The molecule has 1 atom stereocenters. The normalized spacial score (nSPS) is 18.2. The van der Waals surface area contributed by atoms with E-state index in [1.807, 2.05) is 6.92 Å². The first-order chi connectivity index (χ1) is 8.13. The second kappa shape index (κ2) is 5.10. The predicted octanol–water partition coefficient (Wildman–Crippen LogP) is 2.32. The highest BCUT2D eigenvalue weighted by Gasteiger charge is 2.28. The summed E-state index contributed by atoms with van der Waals surface area (Å²) in [6.07, 6.45) is 0. The molecule has 0 saturated carbocycles. The standard InChI is InChI=1S/C13H18F2N2/c1-3-17(11-7-16-8-11)9(2)12-5-4-10(14)6-13(12)15/h4-6,9,11,16H,3,7-8H2,1-2H3. The van der Waals surface area contributed by atoms with Gasteiger partial charge in [-0.25, -0.2) is 8.78 Å². The molecule has 1 aromatic carbocycles. The van der Waals surface area contributed by atoms with E-state index in [4.69, 9.17) is 0 Å². The van der Waals surface area contributed by atoms with E-state index >= 15 is 0 Å². The lowest BCUT2D eigenvalue weighted by molar-refractivity contribution is 0.108. The van der Waals surface area contributed by atoms with Crippen molar-refractivity contribution in [2.75, 3.05) is 19.6 Å². The zero-order valence-corrected chi connectivity index (χ0v) is 10.2. The summed E-state index contributed by atoms with van der Waals surface area (Å²) in [7, 11) is 0. The molecule has 0 spiro atoms. The lowest BCUT2D eigenvalue weighted by Crippen LogP contribution is -2.57. The molecule has 17 heavy (non-hydrogen) atoms. The number of nitrogens with one attached hydrogen (secondary N) is 1. The third-order valence-corrected chi connectivity index (χ3v) is 3.50. The molecule has 1 heterocycles. The van der Waals surface area contributed by atoms with Crippen LogP contribution in [0.2, 0.25) is 0 Å². The molecule has 0 aliphatic carbocycles. The quantitative estimate of drug-likeness (QED) is 0.869. The molecular formula is C13H18F2N2. The van der Waals surface area contributed by atoms with Gasteiger partial charge in [-0.05, 0) is 19.5 Å². The lowest BCUT2D eigenvalue weighted by atomic mass is 10.0. The van der Waals surface area contributed by atoms with Gasteiger partial charge < -0.3 is 5.32 Å². The molecule has 2 rings (SSSR count). The van der Waals surface area contributed by atoms with Gasteiger partial charge in [-0.3, -0.25) is 4.90 Å². The molecule has 1 N–H and O–H groups in total. The summed E-state index contributed by atoms with van der Waals surface area (Å²) in [6.45, 7) is 6.79. The van der Waals surface area contributed by atoms with Crippen LogP contribution in [0.5, 0.6) is 0 Å². The Labute approximate surface area is 101 Å². The molecule has 1 aromatic rings. The van der Waals surface area contributed by atoms with Crippen LogP contribution >= 0.6 is 0 Å². The summed E-state index contributed by atoms with van der Waals surface area (Å²) < 4.78 is 26.6. The third kappa shape index (κ3) is 2.48. The van der Waals surface area contributed by atoms with Gasteiger partial charge in [0.25, 0.3) is 0 Å². The summed E-state index contributed by atoms with van der Waals surface area (Å²) in [4.78, 5) is 2.24. The monoisotopic (exact) mass is 240 g/mol. The minimum absolute atomic E-state index is 0.0206. The van der Waals surface area contributed by atoms with Crippen molar-refractivity contribution < 1.29 is 8.78 Å². The highest BCUT2D eigenvalue weighted by atomic mass is 19.1. The van der Waals surface area contributed by atoms with E-state index in [0.29, 0.717) is 11.6 Å².